The van der Waals surface area contributed by atoms with E-state index in [2.05, 4.69) is 41.1 Å². The van der Waals surface area contributed by atoms with Gasteiger partial charge in [-0.05, 0) is 0 Å². The predicted octanol–water partition coefficient (Wildman–Crippen LogP) is 0.274. The maximum absolute atomic E-state index is 4.01. The standard InChI is InChI=1S/C2H6N4S2/c1-6-2(7,8)3-4-5-6/h7-8H,1H3,(H,3,5). The third-order valence-electron chi connectivity index (χ3n) is 0.829. The normalized spacial score (nSPS) is 25.9. The van der Waals surface area contributed by atoms with Gasteiger partial charge in [0, 0.05) is 7.05 Å². The number of thiol groups is 2. The SMILES string of the molecule is CN1NN=NC1(S)S. The Labute approximate surface area is 58.1 Å². The van der Waals surface area contributed by atoms with E-state index in [1.54, 1.807) is 12.1 Å². The molecule has 0 amide bonds. The molecule has 1 heterocycles. The number of hydrazine groups is 1. The first-order valence-electron chi connectivity index (χ1n) is 1.99. The topological polar surface area (TPSA) is 40.0 Å². The Morgan fingerprint density at radius 2 is 2.25 bits per heavy atom. The van der Waals surface area contributed by atoms with Crippen molar-refractivity contribution >= 4 is 25.3 Å². The van der Waals surface area contributed by atoms with E-state index in [-0.39, 0.29) is 0 Å². The third-order valence-corrected chi connectivity index (χ3v) is 1.61. The van der Waals surface area contributed by atoms with E-state index in [9.17, 15) is 0 Å². The molecule has 4 nitrogen and oxygen atoms in total. The van der Waals surface area contributed by atoms with Crippen LogP contribution in [-0.2, 0) is 0 Å². The van der Waals surface area contributed by atoms with Crippen molar-refractivity contribution < 1.29 is 0 Å². The second-order valence-corrected chi connectivity index (χ2v) is 3.06. The van der Waals surface area contributed by atoms with Gasteiger partial charge in [-0.1, -0.05) is 5.22 Å². The van der Waals surface area contributed by atoms with E-state index in [1.165, 1.54) is 0 Å². The van der Waals surface area contributed by atoms with Crippen molar-refractivity contribution in [3.63, 3.8) is 0 Å². The fourth-order valence-electron chi connectivity index (χ4n) is 0.291. The molecule has 0 bridgehead atoms. The van der Waals surface area contributed by atoms with Crippen LogP contribution in [0.5, 0.6) is 0 Å². The lowest BCUT2D eigenvalue weighted by Crippen LogP contribution is -2.36. The maximum Gasteiger partial charge on any atom is 0.241 e. The van der Waals surface area contributed by atoms with Gasteiger partial charge in [-0.25, -0.2) is 5.53 Å². The molecule has 1 N–H and O–H groups in total. The molecule has 6 heteroatoms. The molecular weight excluding hydrogens is 144 g/mol. The smallest absolute Gasteiger partial charge is 0.218 e. The molecule has 0 aromatic rings. The first-order valence-corrected chi connectivity index (χ1v) is 2.88. The van der Waals surface area contributed by atoms with E-state index >= 15 is 0 Å². The van der Waals surface area contributed by atoms with E-state index in [0.717, 1.165) is 0 Å². The molecule has 0 radical (unpaired) electrons. The zero-order valence-corrected chi connectivity index (χ0v) is 6.02. The highest BCUT2D eigenvalue weighted by Crippen LogP contribution is 2.26. The first-order chi connectivity index (χ1) is 3.63. The molecular formula is C2H6N4S2. The van der Waals surface area contributed by atoms with Crippen molar-refractivity contribution in [1.29, 1.82) is 0 Å². The quantitative estimate of drug-likeness (QED) is 0.343. The molecule has 46 valence electrons. The number of hydrogen-bond acceptors (Lipinski definition) is 6. The summed E-state index contributed by atoms with van der Waals surface area (Å²) in [5.74, 6) is 0. The van der Waals surface area contributed by atoms with Crippen molar-refractivity contribution in [2.24, 2.45) is 10.3 Å². The fraction of sp³-hybridized carbons (Fsp3) is 1.00. The van der Waals surface area contributed by atoms with Crippen molar-refractivity contribution in [3.8, 4) is 0 Å². The van der Waals surface area contributed by atoms with E-state index in [0.29, 0.717) is 0 Å². The van der Waals surface area contributed by atoms with Gasteiger partial charge in [0.05, 0.1) is 0 Å². The molecule has 0 aromatic heterocycles. The van der Waals surface area contributed by atoms with Crippen LogP contribution < -0.4 is 5.53 Å². The Hall–Kier alpha value is 0.0600. The summed E-state index contributed by atoms with van der Waals surface area (Å²) in [5, 5.41) is 8.65. The summed E-state index contributed by atoms with van der Waals surface area (Å²) in [6, 6.07) is 0. The van der Waals surface area contributed by atoms with Crippen LogP contribution >= 0.6 is 25.3 Å². The molecule has 0 saturated carbocycles. The van der Waals surface area contributed by atoms with Gasteiger partial charge in [0.15, 0.2) is 0 Å². The van der Waals surface area contributed by atoms with Crippen molar-refractivity contribution in [2.45, 2.75) is 4.33 Å². The van der Waals surface area contributed by atoms with Crippen LogP contribution in [0.1, 0.15) is 0 Å². The summed E-state index contributed by atoms with van der Waals surface area (Å²) in [5.41, 5.74) is 2.55. The Morgan fingerprint density at radius 3 is 2.38 bits per heavy atom. The van der Waals surface area contributed by atoms with Gasteiger partial charge >= 0.3 is 0 Å². The molecule has 0 spiro atoms. The number of hydrogen-bond donors (Lipinski definition) is 3. The molecule has 1 aliphatic heterocycles. The van der Waals surface area contributed by atoms with E-state index in [1.807, 2.05) is 0 Å². The number of nitrogens with one attached hydrogen (secondary N) is 1. The summed E-state index contributed by atoms with van der Waals surface area (Å²) in [7, 11) is 1.75. The van der Waals surface area contributed by atoms with E-state index in [4.69, 9.17) is 0 Å². The van der Waals surface area contributed by atoms with Gasteiger partial charge in [-0.2, -0.15) is 5.01 Å². The average Bonchev–Trinajstić information content (AvgIpc) is 1.86. The van der Waals surface area contributed by atoms with Crippen LogP contribution in [0.4, 0.5) is 0 Å². The van der Waals surface area contributed by atoms with Gasteiger partial charge in [0.1, 0.15) is 0 Å². The van der Waals surface area contributed by atoms with Crippen LogP contribution in [-0.4, -0.2) is 16.4 Å². The van der Waals surface area contributed by atoms with Crippen LogP contribution in [0.2, 0.25) is 0 Å². The number of nitrogens with zero attached hydrogens (tertiary/aromatic N) is 3. The van der Waals surface area contributed by atoms with Gasteiger partial charge in [0.2, 0.25) is 4.33 Å². The summed E-state index contributed by atoms with van der Waals surface area (Å²) < 4.78 is -0.778. The van der Waals surface area contributed by atoms with Gasteiger partial charge < -0.3 is 0 Å². The zero-order valence-electron chi connectivity index (χ0n) is 4.24. The van der Waals surface area contributed by atoms with Crippen LogP contribution in [0, 0.1) is 0 Å². The highest BCUT2D eigenvalue weighted by molar-refractivity contribution is 8.00. The second kappa shape index (κ2) is 1.78. The molecule has 0 fully saturated rings. The average molecular weight is 150 g/mol. The molecule has 0 atom stereocenters. The monoisotopic (exact) mass is 150 g/mol. The predicted molar refractivity (Wildman–Crippen MR) is 36.5 cm³/mol. The minimum atomic E-state index is -0.778. The molecule has 0 unspecified atom stereocenters. The molecule has 8 heavy (non-hydrogen) atoms. The summed E-state index contributed by atoms with van der Waals surface area (Å²) in [4.78, 5) is 0. The highest BCUT2D eigenvalue weighted by Gasteiger charge is 2.29. The molecule has 0 aromatic carbocycles. The van der Waals surface area contributed by atoms with Crippen LogP contribution in [0.15, 0.2) is 10.3 Å². The third kappa shape index (κ3) is 0.910. The lowest BCUT2D eigenvalue weighted by atomic mass is 11.0. The summed E-state index contributed by atoms with van der Waals surface area (Å²) in [6.07, 6.45) is 0. The summed E-state index contributed by atoms with van der Waals surface area (Å²) >= 11 is 8.02. The van der Waals surface area contributed by atoms with Crippen molar-refractivity contribution in [3.05, 3.63) is 0 Å². The van der Waals surface area contributed by atoms with Gasteiger partial charge in [-0.15, -0.1) is 30.4 Å². The molecule has 1 rings (SSSR count). The van der Waals surface area contributed by atoms with Crippen molar-refractivity contribution in [1.82, 2.24) is 10.5 Å². The Kier molecular flexibility index (Phi) is 1.38. The van der Waals surface area contributed by atoms with Gasteiger partial charge in [-0.3, -0.25) is 0 Å². The van der Waals surface area contributed by atoms with Crippen LogP contribution in [0.3, 0.4) is 0 Å². The fourth-order valence-corrected chi connectivity index (χ4v) is 0.470. The van der Waals surface area contributed by atoms with Gasteiger partial charge in [0.25, 0.3) is 0 Å². The molecule has 1 aliphatic rings. The Balaban J connectivity index is 2.67. The maximum atomic E-state index is 4.01. The van der Waals surface area contributed by atoms with Crippen LogP contribution in [0.25, 0.3) is 0 Å². The zero-order chi connectivity index (χ0) is 6.20. The Bertz CT molecular complexity index is 121. The summed E-state index contributed by atoms with van der Waals surface area (Å²) in [6.45, 7) is 0. The minimum Gasteiger partial charge on any atom is -0.218 e. The molecule has 0 saturated heterocycles. The largest absolute Gasteiger partial charge is 0.241 e. The Morgan fingerprint density at radius 1 is 1.62 bits per heavy atom. The lowest BCUT2D eigenvalue weighted by Gasteiger charge is -2.18. The first kappa shape index (κ1) is 6.18. The van der Waals surface area contributed by atoms with Crippen molar-refractivity contribution in [2.75, 3.05) is 7.05 Å². The number of rotatable bonds is 0. The molecule has 0 aliphatic carbocycles. The minimum absolute atomic E-state index is 0.778. The highest BCUT2D eigenvalue weighted by atomic mass is 32.2. The lowest BCUT2D eigenvalue weighted by molar-refractivity contribution is 0.259. The van der Waals surface area contributed by atoms with E-state index < -0.39 is 4.33 Å². The second-order valence-electron chi connectivity index (χ2n) is 1.46.